The number of ether oxygens (including phenoxy) is 1. The summed E-state index contributed by atoms with van der Waals surface area (Å²) in [6.45, 7) is 9.99. The van der Waals surface area contributed by atoms with Crippen molar-refractivity contribution in [1.82, 2.24) is 4.90 Å². The number of ketones is 1. The molecule has 3 saturated carbocycles. The fourth-order valence-corrected chi connectivity index (χ4v) is 8.28. The van der Waals surface area contributed by atoms with Gasteiger partial charge in [0.05, 0.1) is 24.4 Å². The fourth-order valence-electron chi connectivity index (χ4n) is 8.28. The first kappa shape index (κ1) is 28.4. The molecule has 7 nitrogen and oxygen atoms in total. The van der Waals surface area contributed by atoms with E-state index in [1.807, 2.05) is 13.8 Å². The average molecular weight is 528 g/mol. The number of carbonyl (C=O) groups is 2. The molecule has 0 bridgehead atoms. The number of halogens is 2. The summed E-state index contributed by atoms with van der Waals surface area (Å²) in [6, 6.07) is -0.616. The van der Waals surface area contributed by atoms with Gasteiger partial charge in [0.15, 0.2) is 5.78 Å². The first-order valence-electron chi connectivity index (χ1n) is 13.6. The van der Waals surface area contributed by atoms with Crippen molar-refractivity contribution in [3.05, 3.63) is 11.6 Å². The molecule has 3 N–H and O–H groups in total. The third-order valence-corrected chi connectivity index (χ3v) is 10.2. The predicted octanol–water partition coefficient (Wildman–Crippen LogP) is 4.08. The number of aliphatic hydroxyl groups is 3. The van der Waals surface area contributed by atoms with E-state index in [0.717, 1.165) is 4.90 Å². The average Bonchev–Trinajstić information content (AvgIpc) is 3.04. The molecule has 0 aromatic heterocycles. The van der Waals surface area contributed by atoms with Crippen molar-refractivity contribution in [1.29, 1.82) is 0 Å². The van der Waals surface area contributed by atoms with Crippen LogP contribution in [0.5, 0.6) is 0 Å². The number of allylic oxidation sites excluding steroid dienone is 1. The quantitative estimate of drug-likeness (QED) is 0.509. The van der Waals surface area contributed by atoms with Crippen LogP contribution in [0.2, 0.25) is 0 Å². The van der Waals surface area contributed by atoms with Crippen LogP contribution in [0.3, 0.4) is 0 Å². The molecule has 4 aliphatic rings. The molecule has 37 heavy (non-hydrogen) atoms. The van der Waals surface area contributed by atoms with Gasteiger partial charge in [-0.1, -0.05) is 13.8 Å². The van der Waals surface area contributed by atoms with Crippen LogP contribution in [-0.4, -0.2) is 74.5 Å². The number of hydrogen-bond acceptors (Lipinski definition) is 6. The molecule has 9 atom stereocenters. The van der Waals surface area contributed by atoms with Crippen LogP contribution >= 0.6 is 0 Å². The number of nitrogens with zero attached hydrogens (tertiary/aromatic N) is 1. The second-order valence-corrected chi connectivity index (χ2v) is 13.4. The van der Waals surface area contributed by atoms with Crippen molar-refractivity contribution >= 4 is 11.9 Å². The molecular weight excluding hydrogens is 484 g/mol. The Hall–Kier alpha value is -1.58. The highest BCUT2D eigenvalue weighted by Gasteiger charge is 2.67. The topological polar surface area (TPSA) is 107 Å². The molecule has 4 rings (SSSR count). The predicted molar refractivity (Wildman–Crippen MR) is 133 cm³/mol. The minimum Gasteiger partial charge on any atom is -0.444 e. The van der Waals surface area contributed by atoms with Crippen LogP contribution in [-0.2, 0) is 9.53 Å². The van der Waals surface area contributed by atoms with Gasteiger partial charge in [-0.15, -0.1) is 0 Å². The molecule has 1 amide bonds. The molecule has 2 unspecified atom stereocenters. The van der Waals surface area contributed by atoms with Crippen molar-refractivity contribution in [3.63, 3.8) is 0 Å². The minimum absolute atomic E-state index is 0.132. The van der Waals surface area contributed by atoms with Crippen LogP contribution < -0.4 is 0 Å². The number of aliphatic hydroxyl groups excluding tert-OH is 2. The Balaban J connectivity index is 1.67. The van der Waals surface area contributed by atoms with E-state index in [4.69, 9.17) is 4.74 Å². The van der Waals surface area contributed by atoms with Crippen molar-refractivity contribution in [3.8, 4) is 0 Å². The number of carbonyl (C=O) groups excluding carboxylic acids is 2. The molecule has 3 fully saturated rings. The van der Waals surface area contributed by atoms with Crippen LogP contribution in [0.15, 0.2) is 11.6 Å². The van der Waals surface area contributed by atoms with Crippen LogP contribution in [0.1, 0.15) is 80.1 Å². The highest BCUT2D eigenvalue weighted by atomic mass is 19.3. The van der Waals surface area contributed by atoms with E-state index in [-0.39, 0.29) is 30.5 Å². The molecule has 210 valence electrons. The summed E-state index contributed by atoms with van der Waals surface area (Å²) in [5, 5.41) is 33.0. The summed E-state index contributed by atoms with van der Waals surface area (Å²) in [5.41, 5.74) is -2.83. The van der Waals surface area contributed by atoms with E-state index >= 15 is 0 Å². The summed E-state index contributed by atoms with van der Waals surface area (Å²) < 4.78 is 32.6. The Kier molecular flexibility index (Phi) is 7.12. The number of amides is 1. The maximum atomic E-state index is 13.6. The second-order valence-electron chi connectivity index (χ2n) is 13.4. The van der Waals surface area contributed by atoms with Gasteiger partial charge in [0.1, 0.15) is 5.60 Å². The first-order chi connectivity index (χ1) is 16.9. The van der Waals surface area contributed by atoms with Crippen LogP contribution in [0, 0.1) is 28.6 Å². The lowest BCUT2D eigenvalue weighted by molar-refractivity contribution is -0.153. The number of fused-ring (bicyclic) bond motifs is 5. The van der Waals surface area contributed by atoms with E-state index in [1.165, 1.54) is 0 Å². The summed E-state index contributed by atoms with van der Waals surface area (Å²) in [5.74, 6) is -0.975. The number of alkyl halides is 2. The molecule has 0 aromatic carbocycles. The molecule has 0 spiro atoms. The zero-order chi connectivity index (χ0) is 27.7. The largest absolute Gasteiger partial charge is 0.444 e. The lowest BCUT2D eigenvalue weighted by Crippen LogP contribution is -2.62. The minimum atomic E-state index is -2.73. The SMILES string of the molecule is CC([C@H]1CC[C@@]2(O)C3=CC(=O)[C@@H]4C[C@@H](O)[C@@H](O)C[C@]4(C)C3CC[C@]12C)N(CC(F)F)C(=O)OC(C)(C)C. The summed E-state index contributed by atoms with van der Waals surface area (Å²) in [4.78, 5) is 27.4. The third kappa shape index (κ3) is 4.52. The molecule has 0 aromatic rings. The van der Waals surface area contributed by atoms with Crippen molar-refractivity contribution in [2.24, 2.45) is 28.6 Å². The van der Waals surface area contributed by atoms with Gasteiger partial charge < -0.3 is 20.1 Å². The van der Waals surface area contributed by atoms with Gasteiger partial charge >= 0.3 is 6.09 Å². The van der Waals surface area contributed by atoms with Crippen molar-refractivity contribution in [2.75, 3.05) is 6.54 Å². The van der Waals surface area contributed by atoms with Gasteiger partial charge in [0.25, 0.3) is 6.43 Å². The van der Waals surface area contributed by atoms with E-state index in [2.05, 4.69) is 0 Å². The molecular formula is C28H43F2NO6. The van der Waals surface area contributed by atoms with Gasteiger partial charge in [-0.3, -0.25) is 9.69 Å². The van der Waals surface area contributed by atoms with Crippen molar-refractivity contribution < 1.29 is 38.4 Å². The Morgan fingerprint density at radius 3 is 2.41 bits per heavy atom. The fraction of sp³-hybridized carbons (Fsp3) is 0.857. The highest BCUT2D eigenvalue weighted by molar-refractivity contribution is 5.95. The Morgan fingerprint density at radius 1 is 1.16 bits per heavy atom. The normalized spacial score (nSPS) is 42.4. The smallest absolute Gasteiger partial charge is 0.410 e. The molecule has 4 aliphatic carbocycles. The molecule has 0 heterocycles. The van der Waals surface area contributed by atoms with E-state index in [0.29, 0.717) is 31.3 Å². The molecule has 0 radical (unpaired) electrons. The number of rotatable bonds is 4. The molecule has 0 aliphatic heterocycles. The van der Waals surface area contributed by atoms with E-state index in [1.54, 1.807) is 33.8 Å². The Bertz CT molecular complexity index is 965. The number of hydrogen-bond donors (Lipinski definition) is 3. The third-order valence-electron chi connectivity index (χ3n) is 10.2. The maximum Gasteiger partial charge on any atom is 0.410 e. The maximum absolute atomic E-state index is 13.6. The highest BCUT2D eigenvalue weighted by Crippen LogP contribution is 2.67. The Labute approximate surface area is 218 Å². The van der Waals surface area contributed by atoms with Crippen LogP contribution in [0.4, 0.5) is 13.6 Å². The van der Waals surface area contributed by atoms with Gasteiger partial charge in [-0.05, 0) is 95.1 Å². The van der Waals surface area contributed by atoms with E-state index < -0.39 is 65.3 Å². The summed E-state index contributed by atoms with van der Waals surface area (Å²) in [7, 11) is 0. The zero-order valence-corrected chi connectivity index (χ0v) is 22.8. The second kappa shape index (κ2) is 9.26. The molecule has 0 saturated heterocycles. The zero-order valence-electron chi connectivity index (χ0n) is 22.8. The van der Waals surface area contributed by atoms with Gasteiger partial charge in [-0.2, -0.15) is 0 Å². The van der Waals surface area contributed by atoms with Crippen molar-refractivity contribution in [2.45, 2.75) is 116 Å². The van der Waals surface area contributed by atoms with Crippen LogP contribution in [0.25, 0.3) is 0 Å². The summed E-state index contributed by atoms with van der Waals surface area (Å²) in [6.07, 6.45) is -1.24. The lowest BCUT2D eigenvalue weighted by Gasteiger charge is -2.60. The Morgan fingerprint density at radius 2 is 1.81 bits per heavy atom. The summed E-state index contributed by atoms with van der Waals surface area (Å²) >= 11 is 0. The van der Waals surface area contributed by atoms with Gasteiger partial charge in [0.2, 0.25) is 0 Å². The lowest BCUT2D eigenvalue weighted by atomic mass is 9.46. The first-order valence-corrected chi connectivity index (χ1v) is 13.6. The monoisotopic (exact) mass is 527 g/mol. The van der Waals surface area contributed by atoms with Gasteiger partial charge in [0, 0.05) is 17.4 Å². The van der Waals surface area contributed by atoms with E-state index in [9.17, 15) is 33.7 Å². The standard InChI is InChI=1S/C28H43F2NO6/c1-15(31(14-23(29)30)24(35)37-25(2,3)4)16-8-10-28(36)18-11-20(32)19-12-21(33)22(34)13-26(19,5)17(18)7-9-27(16,28)6/h11,15-17,19,21-23,33-34,36H,7-10,12-14H2,1-6H3/t15?,16-,17?,19+,21-,22+,26-,27-,28-/m1/s1. The molecule has 9 heteroatoms. The van der Waals surface area contributed by atoms with Gasteiger partial charge in [-0.25, -0.2) is 13.6 Å².